The molecule has 3 heteroatoms. The Bertz CT molecular complexity index is 439. The van der Waals surface area contributed by atoms with Crippen molar-refractivity contribution in [2.45, 2.75) is 58.8 Å². The van der Waals surface area contributed by atoms with Crippen molar-refractivity contribution in [3.63, 3.8) is 0 Å². The molecule has 1 saturated carbocycles. The summed E-state index contributed by atoms with van der Waals surface area (Å²) in [5.74, 6) is 0.293. The molecule has 2 nitrogen and oxygen atoms in total. The Hall–Kier alpha value is -0.930. The van der Waals surface area contributed by atoms with Gasteiger partial charge in [0.1, 0.15) is 5.82 Å². The quantitative estimate of drug-likeness (QED) is 0.909. The van der Waals surface area contributed by atoms with Gasteiger partial charge in [-0.25, -0.2) is 4.39 Å². The van der Waals surface area contributed by atoms with Gasteiger partial charge in [-0.2, -0.15) is 0 Å². The zero-order valence-corrected chi connectivity index (χ0v) is 12.6. The van der Waals surface area contributed by atoms with Crippen LogP contribution in [0, 0.1) is 17.2 Å². The first kappa shape index (κ1) is 15.5. The standard InChI is InChI=1S/C17H25FO2/c1-17(2,3)13-8-9-15(19)16(10-13)20-11-12-6-4-5-7-14(12)18/h4-7,13,15-16,19H,8-11H2,1-3H3. The molecule has 1 aliphatic carbocycles. The predicted molar refractivity (Wildman–Crippen MR) is 77.8 cm³/mol. The number of ether oxygens (including phenoxy) is 1. The lowest BCUT2D eigenvalue weighted by molar-refractivity contribution is -0.0908. The summed E-state index contributed by atoms with van der Waals surface area (Å²) in [6.07, 6.45) is 2.03. The number of benzene rings is 1. The monoisotopic (exact) mass is 280 g/mol. The minimum atomic E-state index is -0.430. The molecule has 1 N–H and O–H groups in total. The molecule has 1 aromatic rings. The topological polar surface area (TPSA) is 29.5 Å². The predicted octanol–water partition coefficient (Wildman–Crippen LogP) is 3.92. The van der Waals surface area contributed by atoms with Gasteiger partial charge in [-0.15, -0.1) is 0 Å². The highest BCUT2D eigenvalue weighted by Crippen LogP contribution is 2.39. The van der Waals surface area contributed by atoms with Gasteiger partial charge in [0.2, 0.25) is 0 Å². The summed E-state index contributed by atoms with van der Waals surface area (Å²) in [6.45, 7) is 6.90. The average Bonchev–Trinajstić information content (AvgIpc) is 2.38. The highest BCUT2D eigenvalue weighted by Gasteiger charge is 2.35. The van der Waals surface area contributed by atoms with Crippen LogP contribution in [-0.4, -0.2) is 17.3 Å². The van der Waals surface area contributed by atoms with E-state index in [2.05, 4.69) is 20.8 Å². The highest BCUT2D eigenvalue weighted by molar-refractivity contribution is 5.16. The van der Waals surface area contributed by atoms with E-state index in [4.69, 9.17) is 4.74 Å². The zero-order chi connectivity index (χ0) is 14.8. The van der Waals surface area contributed by atoms with E-state index >= 15 is 0 Å². The molecule has 0 radical (unpaired) electrons. The van der Waals surface area contributed by atoms with Gasteiger partial charge in [-0.05, 0) is 36.7 Å². The van der Waals surface area contributed by atoms with Crippen molar-refractivity contribution in [2.24, 2.45) is 11.3 Å². The maximum absolute atomic E-state index is 13.6. The molecule has 2 rings (SSSR count). The average molecular weight is 280 g/mol. The second-order valence-corrected chi connectivity index (χ2v) is 6.88. The molecule has 0 spiro atoms. The van der Waals surface area contributed by atoms with Crippen LogP contribution < -0.4 is 0 Å². The van der Waals surface area contributed by atoms with Crippen molar-refractivity contribution in [2.75, 3.05) is 0 Å². The molecule has 1 fully saturated rings. The van der Waals surface area contributed by atoms with E-state index in [1.807, 2.05) is 0 Å². The molecule has 0 aliphatic heterocycles. The lowest BCUT2D eigenvalue weighted by Gasteiger charge is -2.39. The Morgan fingerprint density at radius 1 is 1.25 bits per heavy atom. The molecule has 3 atom stereocenters. The molecule has 0 heterocycles. The third-order valence-corrected chi connectivity index (χ3v) is 4.39. The summed E-state index contributed by atoms with van der Waals surface area (Å²) >= 11 is 0. The molecule has 0 saturated heterocycles. The van der Waals surface area contributed by atoms with Crippen LogP contribution >= 0.6 is 0 Å². The molecule has 112 valence electrons. The lowest BCUT2D eigenvalue weighted by Crippen LogP contribution is -2.39. The zero-order valence-electron chi connectivity index (χ0n) is 12.6. The fourth-order valence-electron chi connectivity index (χ4n) is 2.89. The molecule has 20 heavy (non-hydrogen) atoms. The molecular formula is C17H25FO2. The Morgan fingerprint density at radius 2 is 1.95 bits per heavy atom. The Labute approximate surface area is 121 Å². The van der Waals surface area contributed by atoms with Gasteiger partial charge in [0, 0.05) is 5.56 Å². The van der Waals surface area contributed by atoms with Crippen LogP contribution in [0.2, 0.25) is 0 Å². The van der Waals surface area contributed by atoms with E-state index in [-0.39, 0.29) is 23.9 Å². The number of hydrogen-bond acceptors (Lipinski definition) is 2. The van der Waals surface area contributed by atoms with Gasteiger partial charge in [0.15, 0.2) is 0 Å². The van der Waals surface area contributed by atoms with E-state index in [0.717, 1.165) is 19.3 Å². The summed E-state index contributed by atoms with van der Waals surface area (Å²) in [7, 11) is 0. The molecule has 1 aromatic carbocycles. The number of aliphatic hydroxyl groups is 1. The summed E-state index contributed by atoms with van der Waals surface area (Å²) in [5, 5.41) is 10.1. The largest absolute Gasteiger partial charge is 0.390 e. The van der Waals surface area contributed by atoms with Gasteiger partial charge < -0.3 is 9.84 Å². The minimum Gasteiger partial charge on any atom is -0.390 e. The first-order valence-corrected chi connectivity index (χ1v) is 7.41. The smallest absolute Gasteiger partial charge is 0.128 e. The van der Waals surface area contributed by atoms with Crippen LogP contribution in [0.3, 0.4) is 0 Å². The molecule has 1 aliphatic rings. The van der Waals surface area contributed by atoms with Crippen molar-refractivity contribution < 1.29 is 14.2 Å². The van der Waals surface area contributed by atoms with E-state index in [0.29, 0.717) is 11.5 Å². The SMILES string of the molecule is CC(C)(C)C1CCC(O)C(OCc2ccccc2F)C1. The van der Waals surface area contributed by atoms with Crippen LogP contribution in [0.4, 0.5) is 4.39 Å². The summed E-state index contributed by atoms with van der Waals surface area (Å²) in [4.78, 5) is 0. The molecule has 3 unspecified atom stereocenters. The van der Waals surface area contributed by atoms with E-state index < -0.39 is 6.10 Å². The Kier molecular flexibility index (Phi) is 4.82. The van der Waals surface area contributed by atoms with Crippen LogP contribution in [0.25, 0.3) is 0 Å². The molecule has 0 bridgehead atoms. The van der Waals surface area contributed by atoms with Crippen LogP contribution in [-0.2, 0) is 11.3 Å². The Balaban J connectivity index is 1.95. The van der Waals surface area contributed by atoms with E-state index in [1.165, 1.54) is 6.07 Å². The van der Waals surface area contributed by atoms with Crippen molar-refractivity contribution in [1.29, 1.82) is 0 Å². The number of halogens is 1. The molecule has 0 aromatic heterocycles. The van der Waals surface area contributed by atoms with Crippen LogP contribution in [0.1, 0.15) is 45.6 Å². The van der Waals surface area contributed by atoms with E-state index in [9.17, 15) is 9.50 Å². The van der Waals surface area contributed by atoms with Gasteiger partial charge in [-0.1, -0.05) is 39.0 Å². The van der Waals surface area contributed by atoms with Gasteiger partial charge in [0.25, 0.3) is 0 Å². The second kappa shape index (κ2) is 6.23. The maximum atomic E-state index is 13.6. The lowest BCUT2D eigenvalue weighted by atomic mass is 9.71. The molecular weight excluding hydrogens is 255 g/mol. The fourth-order valence-corrected chi connectivity index (χ4v) is 2.89. The Morgan fingerprint density at radius 3 is 2.60 bits per heavy atom. The number of hydrogen-bond donors (Lipinski definition) is 1. The van der Waals surface area contributed by atoms with Gasteiger partial charge in [-0.3, -0.25) is 0 Å². The number of rotatable bonds is 3. The minimum absolute atomic E-state index is 0.187. The van der Waals surface area contributed by atoms with Gasteiger partial charge in [0.05, 0.1) is 18.8 Å². The van der Waals surface area contributed by atoms with Crippen LogP contribution in [0.5, 0.6) is 0 Å². The van der Waals surface area contributed by atoms with Crippen molar-refractivity contribution in [3.05, 3.63) is 35.6 Å². The summed E-state index contributed by atoms with van der Waals surface area (Å²) in [5.41, 5.74) is 0.775. The maximum Gasteiger partial charge on any atom is 0.128 e. The van der Waals surface area contributed by atoms with Crippen LogP contribution in [0.15, 0.2) is 24.3 Å². The third-order valence-electron chi connectivity index (χ3n) is 4.39. The van der Waals surface area contributed by atoms with Crippen molar-refractivity contribution in [3.8, 4) is 0 Å². The van der Waals surface area contributed by atoms with Gasteiger partial charge >= 0.3 is 0 Å². The second-order valence-electron chi connectivity index (χ2n) is 6.88. The van der Waals surface area contributed by atoms with Crippen molar-refractivity contribution >= 4 is 0 Å². The molecule has 0 amide bonds. The highest BCUT2D eigenvalue weighted by atomic mass is 19.1. The third kappa shape index (κ3) is 3.80. The summed E-state index contributed by atoms with van der Waals surface area (Å²) < 4.78 is 19.4. The first-order valence-electron chi connectivity index (χ1n) is 7.41. The first-order chi connectivity index (χ1) is 9.38. The normalized spacial score (nSPS) is 27.6. The number of aliphatic hydroxyl groups excluding tert-OH is 1. The van der Waals surface area contributed by atoms with Crippen molar-refractivity contribution in [1.82, 2.24) is 0 Å². The fraction of sp³-hybridized carbons (Fsp3) is 0.647. The summed E-state index contributed by atoms with van der Waals surface area (Å²) in [6, 6.07) is 6.64. The van der Waals surface area contributed by atoms with E-state index in [1.54, 1.807) is 18.2 Å².